The van der Waals surface area contributed by atoms with Gasteiger partial charge in [-0.15, -0.1) is 0 Å². The molecule has 0 aromatic heterocycles. The molecular formula is C2H7K2NO4Si. The molecule has 8 heteroatoms. The summed E-state index contributed by atoms with van der Waals surface area (Å²) >= 11 is 0. The standard InChI is InChI=1S/C2H7NO.2K.O3Si/c3-1-2-4;;;1-4(2)3/h4H,1-3H2;;;/q;2*+1;-2. The Morgan fingerprint density at radius 3 is 1.50 bits per heavy atom. The molecule has 0 aromatic rings. The van der Waals surface area contributed by atoms with E-state index in [0.717, 1.165) is 0 Å². The molecule has 0 saturated heterocycles. The predicted octanol–water partition coefficient (Wildman–Crippen LogP) is -9.93. The zero-order valence-corrected chi connectivity index (χ0v) is 13.4. The molecule has 0 saturated carbocycles. The zero-order valence-electron chi connectivity index (χ0n) is 6.16. The van der Waals surface area contributed by atoms with Crippen LogP contribution in [0, 0.1) is 0 Å². The largest absolute Gasteiger partial charge is 1.00 e. The minimum Gasteiger partial charge on any atom is -0.672 e. The molecule has 0 bridgehead atoms. The molecule has 0 atom stereocenters. The van der Waals surface area contributed by atoms with Crippen LogP contribution in [0.2, 0.25) is 0 Å². The summed E-state index contributed by atoms with van der Waals surface area (Å²) < 4.78 is 8.52. The summed E-state index contributed by atoms with van der Waals surface area (Å²) in [5.41, 5.74) is 4.78. The smallest absolute Gasteiger partial charge is 0.672 e. The second-order valence-corrected chi connectivity index (χ2v) is 1.26. The summed E-state index contributed by atoms with van der Waals surface area (Å²) in [6, 6.07) is 0. The molecule has 0 unspecified atom stereocenters. The summed E-state index contributed by atoms with van der Waals surface area (Å²) in [6.07, 6.45) is 0. The van der Waals surface area contributed by atoms with Crippen molar-refractivity contribution in [3.63, 3.8) is 0 Å². The third kappa shape index (κ3) is 71.7. The summed E-state index contributed by atoms with van der Waals surface area (Å²) in [7, 11) is -3.63. The second-order valence-electron chi connectivity index (χ2n) is 0.762. The van der Waals surface area contributed by atoms with Crippen molar-refractivity contribution >= 4 is 9.17 Å². The number of aliphatic hydroxyl groups excluding tert-OH is 1. The maximum atomic E-state index is 8.52. The molecule has 0 aliphatic carbocycles. The third-order valence-electron chi connectivity index (χ3n) is 0.129. The van der Waals surface area contributed by atoms with Crippen molar-refractivity contribution in [2.75, 3.05) is 13.2 Å². The fourth-order valence-electron chi connectivity index (χ4n) is 0. The Kier molecular flexibility index (Phi) is 52.1. The molecule has 0 aliphatic heterocycles. The molecule has 0 fully saturated rings. The van der Waals surface area contributed by atoms with Gasteiger partial charge in [0.15, 0.2) is 0 Å². The van der Waals surface area contributed by atoms with E-state index in [1.807, 2.05) is 0 Å². The predicted molar refractivity (Wildman–Crippen MR) is 22.6 cm³/mol. The number of rotatable bonds is 1. The molecule has 5 nitrogen and oxygen atoms in total. The maximum Gasteiger partial charge on any atom is 1.00 e. The second kappa shape index (κ2) is 22.6. The van der Waals surface area contributed by atoms with E-state index in [0.29, 0.717) is 6.54 Å². The third-order valence-corrected chi connectivity index (χ3v) is 0.129. The maximum absolute atomic E-state index is 8.52. The fourth-order valence-corrected chi connectivity index (χ4v) is 0. The Bertz CT molecular complexity index is 59.2. The minimum atomic E-state index is -3.63. The van der Waals surface area contributed by atoms with Gasteiger partial charge in [0, 0.05) is 15.7 Å². The van der Waals surface area contributed by atoms with Crippen LogP contribution in [0.25, 0.3) is 0 Å². The molecule has 0 rings (SSSR count). The average Bonchev–Trinajstić information content (AvgIpc) is 1.65. The van der Waals surface area contributed by atoms with Crippen LogP contribution >= 0.6 is 0 Å². The molecule has 0 amide bonds. The van der Waals surface area contributed by atoms with Gasteiger partial charge in [-0.05, 0) is 0 Å². The van der Waals surface area contributed by atoms with Gasteiger partial charge >= 0.3 is 103 Å². The first-order chi connectivity index (χ1) is 3.65. The van der Waals surface area contributed by atoms with E-state index < -0.39 is 9.17 Å². The monoisotopic (exact) mass is 215 g/mol. The van der Waals surface area contributed by atoms with Crippen LogP contribution in [0.4, 0.5) is 0 Å². The van der Waals surface area contributed by atoms with E-state index in [4.69, 9.17) is 24.9 Å². The Morgan fingerprint density at radius 2 is 1.50 bits per heavy atom. The van der Waals surface area contributed by atoms with Gasteiger partial charge in [-0.25, -0.2) is 0 Å². The van der Waals surface area contributed by atoms with Crippen LogP contribution in [0.5, 0.6) is 0 Å². The van der Waals surface area contributed by atoms with Gasteiger partial charge in [0.05, 0.1) is 6.61 Å². The van der Waals surface area contributed by atoms with Crippen LogP contribution in [0.15, 0.2) is 0 Å². The molecule has 0 aliphatic rings. The minimum absolute atomic E-state index is 0. The number of hydrogen-bond donors (Lipinski definition) is 2. The van der Waals surface area contributed by atoms with Gasteiger partial charge in [-0.2, -0.15) is 0 Å². The van der Waals surface area contributed by atoms with Gasteiger partial charge < -0.3 is 24.9 Å². The van der Waals surface area contributed by atoms with Gasteiger partial charge in [0.25, 0.3) is 0 Å². The molecule has 0 heterocycles. The van der Waals surface area contributed by atoms with E-state index in [2.05, 4.69) is 0 Å². The Balaban J connectivity index is -0.0000000300. The van der Waals surface area contributed by atoms with Gasteiger partial charge in [-0.3, -0.25) is 0 Å². The summed E-state index contributed by atoms with van der Waals surface area (Å²) in [4.78, 5) is 17.0. The molecule has 0 aromatic carbocycles. The fraction of sp³-hybridized carbons (Fsp3) is 1.00. The quantitative estimate of drug-likeness (QED) is 0.422. The van der Waals surface area contributed by atoms with Crippen molar-refractivity contribution in [3.05, 3.63) is 0 Å². The topological polar surface area (TPSA) is 109 Å². The molecule has 10 heavy (non-hydrogen) atoms. The molecule has 0 spiro atoms. The average molecular weight is 215 g/mol. The first kappa shape index (κ1) is 23.0. The van der Waals surface area contributed by atoms with Crippen molar-refractivity contribution in [1.29, 1.82) is 0 Å². The van der Waals surface area contributed by atoms with E-state index in [1.165, 1.54) is 0 Å². The van der Waals surface area contributed by atoms with E-state index in [1.54, 1.807) is 0 Å². The van der Waals surface area contributed by atoms with Gasteiger partial charge in [0.1, 0.15) is 0 Å². The van der Waals surface area contributed by atoms with Gasteiger partial charge in [0.2, 0.25) is 0 Å². The van der Waals surface area contributed by atoms with Crippen molar-refractivity contribution in [3.8, 4) is 0 Å². The van der Waals surface area contributed by atoms with Crippen molar-refractivity contribution in [2.24, 2.45) is 5.73 Å². The van der Waals surface area contributed by atoms with Crippen LogP contribution < -0.4 is 118 Å². The van der Waals surface area contributed by atoms with Crippen LogP contribution in [-0.2, 0) is 4.46 Å². The molecule has 3 N–H and O–H groups in total. The van der Waals surface area contributed by atoms with Crippen molar-refractivity contribution < 1.29 is 122 Å². The number of hydrogen-bond acceptors (Lipinski definition) is 5. The summed E-state index contributed by atoms with van der Waals surface area (Å²) in [6.45, 7) is 0.472. The van der Waals surface area contributed by atoms with E-state index in [9.17, 15) is 0 Å². The van der Waals surface area contributed by atoms with Gasteiger partial charge in [-0.1, -0.05) is 0 Å². The van der Waals surface area contributed by atoms with E-state index in [-0.39, 0.29) is 109 Å². The van der Waals surface area contributed by atoms with Crippen molar-refractivity contribution in [2.45, 2.75) is 0 Å². The van der Waals surface area contributed by atoms with Crippen LogP contribution in [0.3, 0.4) is 0 Å². The normalized spacial score (nSPS) is 5.40. The van der Waals surface area contributed by atoms with E-state index >= 15 is 0 Å². The summed E-state index contributed by atoms with van der Waals surface area (Å²) in [5.74, 6) is 0. The number of aliphatic hydroxyl groups is 1. The van der Waals surface area contributed by atoms with Crippen LogP contribution in [-0.4, -0.2) is 27.4 Å². The summed E-state index contributed by atoms with van der Waals surface area (Å²) in [5, 5.41) is 7.75. The molecule has 0 radical (unpaired) electrons. The molecule has 50 valence electrons. The Morgan fingerprint density at radius 1 is 1.40 bits per heavy atom. The SMILES string of the molecule is NCCO.O=[Si]([O-])[O-].[K+].[K+]. The number of nitrogens with two attached hydrogens (primary N) is 1. The Hall–Kier alpha value is 2.81. The molecular weight excluding hydrogens is 208 g/mol. The first-order valence-corrected chi connectivity index (χ1v) is 3.06. The van der Waals surface area contributed by atoms with Crippen LogP contribution in [0.1, 0.15) is 0 Å². The first-order valence-electron chi connectivity index (χ1n) is 1.84. The zero-order chi connectivity index (χ0) is 6.99. The van der Waals surface area contributed by atoms with Crippen molar-refractivity contribution in [1.82, 2.24) is 0 Å². The Labute approximate surface area is 146 Å².